The minimum atomic E-state index is 0.654. The molecule has 7 aromatic carbocycles. The van der Waals surface area contributed by atoms with Crippen molar-refractivity contribution >= 4 is 75.1 Å². The lowest BCUT2D eigenvalue weighted by atomic mass is 9.94. The standard InChI is InChI=1S/C45H27N3S/c1-3-11-28(12-4-1)30-15-9-16-31(25-30)35-23-21-33-27-38(35)36-18-8-7-17-34(36)32-22-24-40-39(26-32)42-37(19-10-20-41(42)49-40)45-47-43(46-44(33)48-45)29-13-5-2-6-14-29/h1-27H. The first-order valence-electron chi connectivity index (χ1n) is 16.4. The number of nitrogens with zero attached hydrogens (tertiary/aromatic N) is 3. The van der Waals surface area contributed by atoms with E-state index in [1.54, 1.807) is 0 Å². The summed E-state index contributed by atoms with van der Waals surface area (Å²) in [5, 5.41) is 9.03. The maximum absolute atomic E-state index is 5.22. The quantitative estimate of drug-likeness (QED) is 0.193. The van der Waals surface area contributed by atoms with Gasteiger partial charge in [0.25, 0.3) is 0 Å². The van der Waals surface area contributed by atoms with Crippen LogP contribution >= 0.6 is 11.3 Å². The summed E-state index contributed by atoms with van der Waals surface area (Å²) in [7, 11) is 0. The van der Waals surface area contributed by atoms with Crippen LogP contribution in [0.1, 0.15) is 0 Å². The Morgan fingerprint density at radius 3 is 1.86 bits per heavy atom. The third-order valence-electron chi connectivity index (χ3n) is 9.49. The zero-order valence-corrected chi connectivity index (χ0v) is 27.2. The van der Waals surface area contributed by atoms with Crippen molar-refractivity contribution in [2.45, 2.75) is 0 Å². The Kier molecular flexibility index (Phi) is 6.36. The third-order valence-corrected chi connectivity index (χ3v) is 10.6. The highest BCUT2D eigenvalue weighted by Gasteiger charge is 2.14. The molecule has 3 aromatic heterocycles. The molecule has 0 aliphatic heterocycles. The van der Waals surface area contributed by atoms with E-state index in [0.29, 0.717) is 17.1 Å². The van der Waals surface area contributed by atoms with Crippen molar-refractivity contribution in [1.29, 1.82) is 0 Å². The number of aromatic nitrogens is 3. The van der Waals surface area contributed by atoms with E-state index in [1.165, 1.54) is 47.5 Å². The molecule has 4 heteroatoms. The van der Waals surface area contributed by atoms with Gasteiger partial charge in [-0.25, -0.2) is 15.0 Å². The van der Waals surface area contributed by atoms with Gasteiger partial charge in [-0.2, -0.15) is 0 Å². The fourth-order valence-corrected chi connectivity index (χ4v) is 8.26. The number of benzene rings is 7. The van der Waals surface area contributed by atoms with Crippen molar-refractivity contribution in [2.24, 2.45) is 0 Å². The Bertz CT molecular complexity index is 2930. The van der Waals surface area contributed by atoms with Gasteiger partial charge < -0.3 is 0 Å². The maximum atomic E-state index is 5.22. The molecule has 0 fully saturated rings. The summed E-state index contributed by atoms with van der Waals surface area (Å²) in [4.78, 5) is 15.5. The molecule has 0 aliphatic carbocycles. The topological polar surface area (TPSA) is 38.7 Å². The van der Waals surface area contributed by atoms with Gasteiger partial charge in [0.2, 0.25) is 0 Å². The highest BCUT2D eigenvalue weighted by atomic mass is 32.1. The van der Waals surface area contributed by atoms with Crippen LogP contribution in [0.15, 0.2) is 164 Å². The average Bonchev–Trinajstić information content (AvgIpc) is 3.56. The highest BCUT2D eigenvalue weighted by molar-refractivity contribution is 7.26. The van der Waals surface area contributed by atoms with Crippen LogP contribution in [-0.4, -0.2) is 15.0 Å². The monoisotopic (exact) mass is 641 g/mol. The highest BCUT2D eigenvalue weighted by Crippen LogP contribution is 2.40. The summed E-state index contributed by atoms with van der Waals surface area (Å²) in [6.07, 6.45) is 0. The summed E-state index contributed by atoms with van der Waals surface area (Å²) in [5.74, 6) is 0.661. The number of fused-ring (bicyclic) bond motifs is 10. The zero-order valence-electron chi connectivity index (χ0n) is 26.3. The lowest BCUT2D eigenvalue weighted by Crippen LogP contribution is -1.94. The molecule has 0 radical (unpaired) electrons. The van der Waals surface area contributed by atoms with Crippen molar-refractivity contribution in [2.75, 3.05) is 0 Å². The van der Waals surface area contributed by atoms with Crippen molar-refractivity contribution in [3.8, 4) is 33.6 Å². The van der Waals surface area contributed by atoms with Crippen LogP contribution in [0.4, 0.5) is 0 Å². The Morgan fingerprint density at radius 1 is 0.347 bits per heavy atom. The Balaban J connectivity index is 1.41. The Labute approximate surface area is 286 Å². The molecule has 0 saturated carbocycles. The van der Waals surface area contributed by atoms with E-state index in [4.69, 9.17) is 15.0 Å². The molecule has 49 heavy (non-hydrogen) atoms. The molecule has 0 atom stereocenters. The predicted octanol–water partition coefficient (Wildman–Crippen LogP) is 12.4. The van der Waals surface area contributed by atoms with Gasteiger partial charge >= 0.3 is 0 Å². The molecule has 6 bridgehead atoms. The van der Waals surface area contributed by atoms with Crippen molar-refractivity contribution in [1.82, 2.24) is 15.0 Å². The molecular weight excluding hydrogens is 615 g/mol. The average molecular weight is 642 g/mol. The van der Waals surface area contributed by atoms with E-state index < -0.39 is 0 Å². The minimum Gasteiger partial charge on any atom is -0.208 e. The molecule has 0 aliphatic rings. The fourth-order valence-electron chi connectivity index (χ4n) is 7.15. The van der Waals surface area contributed by atoms with Gasteiger partial charge in [-0.15, -0.1) is 11.3 Å². The van der Waals surface area contributed by atoms with Crippen LogP contribution in [0.3, 0.4) is 0 Å². The molecule has 0 spiro atoms. The summed E-state index contributed by atoms with van der Waals surface area (Å²) < 4.78 is 2.47. The van der Waals surface area contributed by atoms with E-state index in [0.717, 1.165) is 32.8 Å². The van der Waals surface area contributed by atoms with Crippen molar-refractivity contribution in [3.05, 3.63) is 164 Å². The fraction of sp³-hybridized carbons (Fsp3) is 0. The van der Waals surface area contributed by atoms with E-state index in [9.17, 15) is 0 Å². The van der Waals surface area contributed by atoms with E-state index >= 15 is 0 Å². The van der Waals surface area contributed by atoms with Gasteiger partial charge in [0.05, 0.1) is 0 Å². The lowest BCUT2D eigenvalue weighted by molar-refractivity contribution is 1.18. The summed E-state index contributed by atoms with van der Waals surface area (Å²) in [5.41, 5.74) is 6.99. The minimum absolute atomic E-state index is 0.654. The second-order valence-corrected chi connectivity index (χ2v) is 13.5. The first-order chi connectivity index (χ1) is 24.3. The van der Waals surface area contributed by atoms with Gasteiger partial charge in [0, 0.05) is 36.5 Å². The normalized spacial score (nSPS) is 11.7. The van der Waals surface area contributed by atoms with Crippen LogP contribution < -0.4 is 0 Å². The molecule has 3 heterocycles. The maximum Gasteiger partial charge on any atom is 0.164 e. The lowest BCUT2D eigenvalue weighted by Gasteiger charge is -2.10. The number of rotatable bonds is 3. The first kappa shape index (κ1) is 27.8. The summed E-state index contributed by atoms with van der Waals surface area (Å²) in [6.45, 7) is 0. The van der Waals surface area contributed by atoms with Crippen LogP contribution in [0, 0.1) is 0 Å². The molecule has 0 amide bonds. The van der Waals surface area contributed by atoms with E-state index in [-0.39, 0.29) is 0 Å². The number of hydrogen-bond donors (Lipinski definition) is 0. The molecule has 228 valence electrons. The Morgan fingerprint density at radius 2 is 1.00 bits per heavy atom. The van der Waals surface area contributed by atoms with Gasteiger partial charge in [0.15, 0.2) is 17.1 Å². The SMILES string of the molecule is c1ccc(-c2cccc(-c3ccc4cc3c3ccccc3c3ccc5sc6cccc(c7nc(-c8ccccc8)nc4n7)c6c5c3)c2)cc1. The van der Waals surface area contributed by atoms with Crippen LogP contribution in [0.5, 0.6) is 0 Å². The van der Waals surface area contributed by atoms with Gasteiger partial charge in [0.1, 0.15) is 0 Å². The molecule has 0 unspecified atom stereocenters. The molecule has 3 nitrogen and oxygen atoms in total. The van der Waals surface area contributed by atoms with Crippen molar-refractivity contribution < 1.29 is 0 Å². The second kappa shape index (κ2) is 11.2. The molecule has 10 aromatic rings. The van der Waals surface area contributed by atoms with Crippen LogP contribution in [0.2, 0.25) is 0 Å². The predicted molar refractivity (Wildman–Crippen MR) is 208 cm³/mol. The van der Waals surface area contributed by atoms with Crippen LogP contribution in [0.25, 0.3) is 97.4 Å². The Hall–Kier alpha value is -6.23. The van der Waals surface area contributed by atoms with Crippen molar-refractivity contribution in [3.63, 3.8) is 0 Å². The summed E-state index contributed by atoms with van der Waals surface area (Å²) in [6, 6.07) is 58.4. The second-order valence-electron chi connectivity index (χ2n) is 12.4. The van der Waals surface area contributed by atoms with Gasteiger partial charge in [-0.3, -0.25) is 0 Å². The number of hydrogen-bond acceptors (Lipinski definition) is 4. The molecular formula is C45H27N3S. The number of thiophene rings is 1. The molecule has 10 rings (SSSR count). The molecule has 0 saturated heterocycles. The van der Waals surface area contributed by atoms with Crippen LogP contribution in [-0.2, 0) is 0 Å². The third kappa shape index (κ3) is 4.68. The van der Waals surface area contributed by atoms with Gasteiger partial charge in [-0.05, 0) is 74.1 Å². The smallest absolute Gasteiger partial charge is 0.164 e. The molecule has 0 N–H and O–H groups in total. The van der Waals surface area contributed by atoms with E-state index in [1.807, 2.05) is 29.5 Å². The summed E-state index contributed by atoms with van der Waals surface area (Å²) >= 11 is 1.81. The van der Waals surface area contributed by atoms with E-state index in [2.05, 4.69) is 146 Å². The first-order valence-corrected chi connectivity index (χ1v) is 17.3. The largest absolute Gasteiger partial charge is 0.208 e. The zero-order chi connectivity index (χ0) is 32.3. The van der Waals surface area contributed by atoms with Gasteiger partial charge in [-0.1, -0.05) is 133 Å².